The molecule has 2 aromatic heterocycles. The maximum Gasteiger partial charge on any atom is 0.193 e. The third-order valence-electron chi connectivity index (χ3n) is 3.97. The van der Waals surface area contributed by atoms with Gasteiger partial charge in [-0.25, -0.2) is 4.98 Å². The summed E-state index contributed by atoms with van der Waals surface area (Å²) < 4.78 is 2.13. The van der Waals surface area contributed by atoms with Gasteiger partial charge in [0.05, 0.1) is 5.69 Å². The fourth-order valence-corrected chi connectivity index (χ4v) is 4.18. The Morgan fingerprint density at radius 2 is 2.21 bits per heavy atom. The Morgan fingerprint density at radius 1 is 1.37 bits per heavy atom. The second kappa shape index (κ2) is 6.37. The molecule has 104 valence electrons. The highest BCUT2D eigenvalue weighted by molar-refractivity contribution is 9.09. The van der Waals surface area contributed by atoms with Gasteiger partial charge in [0, 0.05) is 42.2 Å². The van der Waals surface area contributed by atoms with Crippen LogP contribution in [0.4, 0.5) is 0 Å². The van der Waals surface area contributed by atoms with Crippen molar-refractivity contribution in [3.63, 3.8) is 0 Å². The zero-order chi connectivity index (χ0) is 13.1. The van der Waals surface area contributed by atoms with Gasteiger partial charge in [-0.2, -0.15) is 0 Å². The lowest BCUT2D eigenvalue weighted by molar-refractivity contribution is 0.156. The number of fused-ring (bicyclic) bond motifs is 1. The number of halogens is 1. The maximum absolute atomic E-state index is 4.71. The van der Waals surface area contributed by atoms with Crippen LogP contribution in [-0.4, -0.2) is 32.2 Å². The van der Waals surface area contributed by atoms with E-state index in [2.05, 4.69) is 43.0 Å². The molecule has 0 atom stereocenters. The van der Waals surface area contributed by atoms with Crippen molar-refractivity contribution in [3.8, 4) is 0 Å². The van der Waals surface area contributed by atoms with Gasteiger partial charge in [0.15, 0.2) is 4.96 Å². The molecule has 3 nitrogen and oxygen atoms in total. The predicted molar refractivity (Wildman–Crippen MR) is 84.1 cm³/mol. The zero-order valence-corrected chi connectivity index (χ0v) is 13.5. The molecule has 1 aliphatic carbocycles. The van der Waals surface area contributed by atoms with Crippen LogP contribution in [0, 0.1) is 0 Å². The van der Waals surface area contributed by atoms with Crippen LogP contribution in [0.1, 0.15) is 37.8 Å². The first-order valence-corrected chi connectivity index (χ1v) is 9.08. The maximum atomic E-state index is 4.71. The highest BCUT2D eigenvalue weighted by Crippen LogP contribution is 2.24. The van der Waals surface area contributed by atoms with E-state index in [0.717, 1.165) is 29.4 Å². The van der Waals surface area contributed by atoms with Crippen molar-refractivity contribution in [1.82, 2.24) is 14.3 Å². The number of alkyl halides is 1. The van der Waals surface area contributed by atoms with E-state index < -0.39 is 0 Å². The van der Waals surface area contributed by atoms with E-state index >= 15 is 0 Å². The summed E-state index contributed by atoms with van der Waals surface area (Å²) >= 11 is 5.30. The Kier molecular flexibility index (Phi) is 4.56. The molecule has 1 saturated carbocycles. The summed E-state index contributed by atoms with van der Waals surface area (Å²) in [5.41, 5.74) is 1.21. The third-order valence-corrected chi connectivity index (χ3v) is 5.10. The molecule has 1 fully saturated rings. The molecule has 19 heavy (non-hydrogen) atoms. The Balaban J connectivity index is 1.70. The first-order valence-electron chi connectivity index (χ1n) is 7.08. The smallest absolute Gasteiger partial charge is 0.193 e. The van der Waals surface area contributed by atoms with Gasteiger partial charge in [-0.15, -0.1) is 11.3 Å². The number of aromatic nitrogens is 2. The molecule has 0 N–H and O–H groups in total. The van der Waals surface area contributed by atoms with Crippen LogP contribution in [0.25, 0.3) is 4.96 Å². The van der Waals surface area contributed by atoms with Crippen molar-refractivity contribution in [1.29, 1.82) is 0 Å². The van der Waals surface area contributed by atoms with Gasteiger partial charge >= 0.3 is 0 Å². The summed E-state index contributed by atoms with van der Waals surface area (Å²) in [5.74, 6) is 0. The molecule has 5 heteroatoms. The first kappa shape index (κ1) is 13.6. The van der Waals surface area contributed by atoms with E-state index in [4.69, 9.17) is 4.98 Å². The van der Waals surface area contributed by atoms with Gasteiger partial charge in [-0.3, -0.25) is 9.30 Å². The Bertz CT molecular complexity index is 487. The molecule has 0 unspecified atom stereocenters. The second-order valence-corrected chi connectivity index (χ2v) is 6.94. The summed E-state index contributed by atoms with van der Waals surface area (Å²) in [4.78, 5) is 8.43. The van der Waals surface area contributed by atoms with Crippen LogP contribution in [0.3, 0.4) is 0 Å². The highest BCUT2D eigenvalue weighted by Gasteiger charge is 2.21. The van der Waals surface area contributed by atoms with E-state index in [0.29, 0.717) is 0 Å². The van der Waals surface area contributed by atoms with Crippen LogP contribution in [0.5, 0.6) is 0 Å². The van der Waals surface area contributed by atoms with E-state index in [9.17, 15) is 0 Å². The Labute approximate surface area is 126 Å². The molecule has 0 aromatic carbocycles. The zero-order valence-electron chi connectivity index (χ0n) is 11.1. The predicted octanol–water partition coefficient (Wildman–Crippen LogP) is 3.93. The second-order valence-electron chi connectivity index (χ2n) is 5.28. The SMILES string of the molecule is BrCCN(Cc1cn2ccsc2n1)C1CCCCC1. The normalized spacial score (nSPS) is 17.6. The number of hydrogen-bond donors (Lipinski definition) is 0. The largest absolute Gasteiger partial charge is 0.297 e. The lowest BCUT2D eigenvalue weighted by atomic mass is 9.94. The minimum atomic E-state index is 0.756. The fraction of sp³-hybridized carbons (Fsp3) is 0.643. The molecule has 2 aromatic rings. The minimum Gasteiger partial charge on any atom is -0.297 e. The molecule has 0 amide bonds. The van der Waals surface area contributed by atoms with Crippen molar-refractivity contribution in [3.05, 3.63) is 23.5 Å². The van der Waals surface area contributed by atoms with Crippen LogP contribution in [0.15, 0.2) is 17.8 Å². The molecule has 0 aliphatic heterocycles. The van der Waals surface area contributed by atoms with E-state index in [1.54, 1.807) is 11.3 Å². The van der Waals surface area contributed by atoms with Crippen LogP contribution in [-0.2, 0) is 6.54 Å². The molecule has 0 bridgehead atoms. The van der Waals surface area contributed by atoms with E-state index in [1.165, 1.54) is 37.8 Å². The first-order chi connectivity index (χ1) is 9.36. The molecule has 1 aliphatic rings. The van der Waals surface area contributed by atoms with Gasteiger partial charge in [0.2, 0.25) is 0 Å². The summed E-state index contributed by atoms with van der Waals surface area (Å²) in [7, 11) is 0. The standard InChI is InChI=1S/C14H20BrN3S/c15-6-7-17(13-4-2-1-3-5-13)10-12-11-18-8-9-19-14(18)16-12/h8-9,11,13H,1-7,10H2. The molecular formula is C14H20BrN3S. The van der Waals surface area contributed by atoms with Crippen LogP contribution in [0.2, 0.25) is 0 Å². The molecular weight excluding hydrogens is 322 g/mol. The van der Waals surface area contributed by atoms with Gasteiger partial charge in [0.25, 0.3) is 0 Å². The Morgan fingerprint density at radius 3 is 2.95 bits per heavy atom. The number of nitrogens with zero attached hydrogens (tertiary/aromatic N) is 3. The van der Waals surface area contributed by atoms with Crippen LogP contribution >= 0.6 is 27.3 Å². The molecule has 0 spiro atoms. The van der Waals surface area contributed by atoms with Gasteiger partial charge in [-0.1, -0.05) is 35.2 Å². The average Bonchev–Trinajstić information content (AvgIpc) is 3.00. The summed E-state index contributed by atoms with van der Waals surface area (Å²) in [6.07, 6.45) is 11.2. The lowest BCUT2D eigenvalue weighted by Gasteiger charge is -2.33. The Hall–Kier alpha value is -0.390. The van der Waals surface area contributed by atoms with Crippen LogP contribution < -0.4 is 0 Å². The lowest BCUT2D eigenvalue weighted by Crippen LogP contribution is -2.37. The molecule has 0 saturated heterocycles. The highest BCUT2D eigenvalue weighted by atomic mass is 79.9. The van der Waals surface area contributed by atoms with E-state index in [-0.39, 0.29) is 0 Å². The van der Waals surface area contributed by atoms with Crippen molar-refractivity contribution in [2.75, 3.05) is 11.9 Å². The summed E-state index contributed by atoms with van der Waals surface area (Å²) in [5, 5.41) is 3.13. The van der Waals surface area contributed by atoms with E-state index in [1.807, 2.05) is 0 Å². The van der Waals surface area contributed by atoms with Gasteiger partial charge in [0.1, 0.15) is 0 Å². The third kappa shape index (κ3) is 3.20. The number of rotatable bonds is 5. The molecule has 0 radical (unpaired) electrons. The molecule has 3 rings (SSSR count). The van der Waals surface area contributed by atoms with Crippen molar-refractivity contribution < 1.29 is 0 Å². The van der Waals surface area contributed by atoms with Crippen molar-refractivity contribution in [2.24, 2.45) is 0 Å². The summed E-state index contributed by atoms with van der Waals surface area (Å²) in [6, 6.07) is 0.756. The summed E-state index contributed by atoms with van der Waals surface area (Å²) in [6.45, 7) is 2.11. The quantitative estimate of drug-likeness (QED) is 0.768. The van der Waals surface area contributed by atoms with Crippen molar-refractivity contribution in [2.45, 2.75) is 44.7 Å². The minimum absolute atomic E-state index is 0.756. The van der Waals surface area contributed by atoms with Crippen molar-refractivity contribution >= 4 is 32.2 Å². The molecule has 2 heterocycles. The fourth-order valence-electron chi connectivity index (χ4n) is 3.01. The monoisotopic (exact) mass is 341 g/mol. The van der Waals surface area contributed by atoms with Gasteiger partial charge < -0.3 is 0 Å². The topological polar surface area (TPSA) is 20.5 Å². The average molecular weight is 342 g/mol. The van der Waals surface area contributed by atoms with Gasteiger partial charge in [-0.05, 0) is 12.8 Å². The number of thiazole rings is 1. The number of hydrogen-bond acceptors (Lipinski definition) is 3. The number of imidazole rings is 1.